The van der Waals surface area contributed by atoms with Crippen molar-refractivity contribution in [3.05, 3.63) is 48.2 Å². The first-order chi connectivity index (χ1) is 12.7. The molecule has 0 unspecified atom stereocenters. The van der Waals surface area contributed by atoms with Gasteiger partial charge in [-0.15, -0.1) is 0 Å². The van der Waals surface area contributed by atoms with Gasteiger partial charge in [0.05, 0.1) is 17.0 Å². The summed E-state index contributed by atoms with van der Waals surface area (Å²) in [5.74, 6) is 0.705. The number of pyridine rings is 1. The molecule has 2 aromatic heterocycles. The van der Waals surface area contributed by atoms with Gasteiger partial charge in [-0.2, -0.15) is 0 Å². The highest BCUT2D eigenvalue weighted by molar-refractivity contribution is 5.14. The van der Waals surface area contributed by atoms with Gasteiger partial charge in [0, 0.05) is 57.3 Å². The third-order valence-corrected chi connectivity index (χ3v) is 5.91. The molecular weight excluding hydrogens is 328 g/mol. The molecule has 0 bridgehead atoms. The third-order valence-electron chi connectivity index (χ3n) is 5.91. The summed E-state index contributed by atoms with van der Waals surface area (Å²) >= 11 is 0. The van der Waals surface area contributed by atoms with E-state index in [1.54, 1.807) is 18.6 Å². The van der Waals surface area contributed by atoms with Crippen LogP contribution < -0.4 is 4.74 Å². The normalized spacial score (nSPS) is 28.7. The predicted molar refractivity (Wildman–Crippen MR) is 97.8 cm³/mol. The monoisotopic (exact) mass is 354 g/mol. The van der Waals surface area contributed by atoms with E-state index in [-0.39, 0.29) is 11.7 Å². The Balaban J connectivity index is 1.50. The van der Waals surface area contributed by atoms with E-state index in [1.165, 1.54) is 0 Å². The molecule has 138 valence electrons. The van der Waals surface area contributed by atoms with E-state index in [4.69, 9.17) is 9.47 Å². The van der Waals surface area contributed by atoms with Crippen LogP contribution in [-0.2, 0) is 11.3 Å². The Morgan fingerprint density at radius 1 is 1.15 bits per heavy atom. The van der Waals surface area contributed by atoms with Crippen molar-refractivity contribution in [3.8, 4) is 5.88 Å². The molecule has 0 spiro atoms. The van der Waals surface area contributed by atoms with Crippen molar-refractivity contribution < 1.29 is 9.47 Å². The molecule has 6 heteroatoms. The van der Waals surface area contributed by atoms with Crippen molar-refractivity contribution >= 4 is 0 Å². The van der Waals surface area contributed by atoms with Gasteiger partial charge in [0.25, 0.3) is 0 Å². The molecular formula is C20H26N4O2. The fraction of sp³-hybridized carbons (Fsp3) is 0.550. The van der Waals surface area contributed by atoms with Gasteiger partial charge in [-0.1, -0.05) is 6.07 Å². The van der Waals surface area contributed by atoms with E-state index in [1.807, 2.05) is 32.2 Å². The van der Waals surface area contributed by atoms with Crippen LogP contribution >= 0.6 is 0 Å². The number of ether oxygens (including phenoxy) is 2. The summed E-state index contributed by atoms with van der Waals surface area (Å²) in [4.78, 5) is 15.7. The number of likely N-dealkylation sites (tertiary alicyclic amines) is 1. The van der Waals surface area contributed by atoms with Gasteiger partial charge < -0.3 is 9.47 Å². The fourth-order valence-corrected chi connectivity index (χ4v) is 4.42. The molecule has 2 aliphatic rings. The van der Waals surface area contributed by atoms with E-state index in [0.717, 1.165) is 50.2 Å². The zero-order valence-electron chi connectivity index (χ0n) is 15.5. The molecule has 1 aliphatic heterocycles. The fourth-order valence-electron chi connectivity index (χ4n) is 4.42. The minimum absolute atomic E-state index is 0.0694. The van der Waals surface area contributed by atoms with Gasteiger partial charge in [0.2, 0.25) is 5.88 Å². The first-order valence-corrected chi connectivity index (χ1v) is 9.33. The van der Waals surface area contributed by atoms with Crippen molar-refractivity contribution in [1.29, 1.82) is 0 Å². The van der Waals surface area contributed by atoms with Gasteiger partial charge in [-0.25, -0.2) is 4.98 Å². The molecule has 26 heavy (non-hydrogen) atoms. The van der Waals surface area contributed by atoms with E-state index in [9.17, 15) is 0 Å². The SMILES string of the molecule is CO[C@@]12CC[C@@H](Oc3ccccn3)C[C@@H]1N(Cc1nccnc1C)CC2. The molecule has 1 aliphatic carbocycles. The van der Waals surface area contributed by atoms with Crippen LogP contribution in [0.4, 0.5) is 0 Å². The van der Waals surface area contributed by atoms with Crippen LogP contribution in [-0.4, -0.2) is 51.3 Å². The minimum atomic E-state index is -0.0694. The lowest BCUT2D eigenvalue weighted by atomic mass is 9.79. The van der Waals surface area contributed by atoms with Crippen molar-refractivity contribution in [2.75, 3.05) is 13.7 Å². The van der Waals surface area contributed by atoms with Crippen LogP contribution in [0.25, 0.3) is 0 Å². The Morgan fingerprint density at radius 2 is 2.04 bits per heavy atom. The number of nitrogens with zero attached hydrogens (tertiary/aromatic N) is 4. The topological polar surface area (TPSA) is 60.4 Å². The van der Waals surface area contributed by atoms with Crippen LogP contribution in [0.15, 0.2) is 36.8 Å². The zero-order valence-corrected chi connectivity index (χ0v) is 15.5. The average molecular weight is 354 g/mol. The maximum Gasteiger partial charge on any atom is 0.213 e. The Hall–Kier alpha value is -2.05. The highest BCUT2D eigenvalue weighted by Gasteiger charge is 2.51. The Morgan fingerprint density at radius 3 is 2.81 bits per heavy atom. The minimum Gasteiger partial charge on any atom is -0.474 e. The molecule has 0 aromatic carbocycles. The van der Waals surface area contributed by atoms with Crippen LogP contribution in [0.5, 0.6) is 5.88 Å². The highest BCUT2D eigenvalue weighted by atomic mass is 16.5. The molecule has 0 amide bonds. The number of methoxy groups -OCH3 is 1. The number of rotatable bonds is 5. The summed E-state index contributed by atoms with van der Waals surface area (Å²) in [5.41, 5.74) is 1.98. The van der Waals surface area contributed by atoms with Crippen molar-refractivity contribution in [2.24, 2.45) is 0 Å². The van der Waals surface area contributed by atoms with Crippen molar-refractivity contribution in [2.45, 2.75) is 56.9 Å². The summed E-state index contributed by atoms with van der Waals surface area (Å²) in [6.45, 7) is 3.85. The molecule has 2 fully saturated rings. The molecule has 4 rings (SSSR count). The standard InChI is InChI=1S/C20H26N4O2/c1-15-17(22-11-10-21-15)14-24-12-8-20(25-2)7-6-16(13-18(20)24)26-19-5-3-4-9-23-19/h3-5,9-11,16,18H,6-8,12-14H2,1-2H3/t16-,18+,20-/m1/s1. The number of hydrogen-bond donors (Lipinski definition) is 0. The van der Waals surface area contributed by atoms with Crippen LogP contribution in [0.3, 0.4) is 0 Å². The summed E-state index contributed by atoms with van der Waals surface area (Å²) in [7, 11) is 1.85. The molecule has 0 radical (unpaired) electrons. The smallest absolute Gasteiger partial charge is 0.213 e. The second kappa shape index (κ2) is 7.29. The van der Waals surface area contributed by atoms with E-state index in [2.05, 4.69) is 19.9 Å². The second-order valence-corrected chi connectivity index (χ2v) is 7.28. The number of fused-ring (bicyclic) bond motifs is 1. The molecule has 1 saturated carbocycles. The first-order valence-electron chi connectivity index (χ1n) is 9.33. The molecule has 0 N–H and O–H groups in total. The van der Waals surface area contributed by atoms with E-state index >= 15 is 0 Å². The molecule has 2 aromatic rings. The lowest BCUT2D eigenvalue weighted by molar-refractivity contribution is -0.0844. The van der Waals surface area contributed by atoms with E-state index < -0.39 is 0 Å². The van der Waals surface area contributed by atoms with Gasteiger partial charge in [-0.05, 0) is 32.3 Å². The first kappa shape index (κ1) is 17.4. The van der Waals surface area contributed by atoms with Gasteiger partial charge in [0.15, 0.2) is 0 Å². The molecule has 3 atom stereocenters. The van der Waals surface area contributed by atoms with Crippen molar-refractivity contribution in [1.82, 2.24) is 19.9 Å². The molecule has 6 nitrogen and oxygen atoms in total. The Bertz CT molecular complexity index is 742. The number of aryl methyl sites for hydroxylation is 1. The number of aromatic nitrogens is 3. The van der Waals surface area contributed by atoms with Crippen LogP contribution in [0.1, 0.15) is 37.1 Å². The second-order valence-electron chi connectivity index (χ2n) is 7.28. The third kappa shape index (κ3) is 3.31. The van der Waals surface area contributed by atoms with Crippen LogP contribution in [0, 0.1) is 6.92 Å². The average Bonchev–Trinajstić information content (AvgIpc) is 3.03. The zero-order chi connectivity index (χ0) is 18.0. The van der Waals surface area contributed by atoms with Gasteiger partial charge in [-0.3, -0.25) is 14.9 Å². The summed E-state index contributed by atoms with van der Waals surface area (Å²) in [6, 6.07) is 6.12. The number of hydrogen-bond acceptors (Lipinski definition) is 6. The Kier molecular flexibility index (Phi) is 4.87. The summed E-state index contributed by atoms with van der Waals surface area (Å²) in [6.07, 6.45) is 9.49. The summed E-state index contributed by atoms with van der Waals surface area (Å²) < 4.78 is 12.2. The lowest BCUT2D eigenvalue weighted by Crippen LogP contribution is -2.52. The maximum atomic E-state index is 6.15. The Labute approximate surface area is 154 Å². The van der Waals surface area contributed by atoms with Gasteiger partial charge in [0.1, 0.15) is 6.10 Å². The lowest BCUT2D eigenvalue weighted by Gasteiger charge is -2.43. The predicted octanol–water partition coefficient (Wildman–Crippen LogP) is 2.77. The quantitative estimate of drug-likeness (QED) is 0.823. The highest BCUT2D eigenvalue weighted by Crippen LogP contribution is 2.43. The maximum absolute atomic E-state index is 6.15. The van der Waals surface area contributed by atoms with Gasteiger partial charge >= 0.3 is 0 Å². The van der Waals surface area contributed by atoms with E-state index in [0.29, 0.717) is 11.9 Å². The molecule has 1 saturated heterocycles. The molecule has 3 heterocycles. The largest absolute Gasteiger partial charge is 0.474 e. The van der Waals surface area contributed by atoms with Crippen molar-refractivity contribution in [3.63, 3.8) is 0 Å². The van der Waals surface area contributed by atoms with Crippen LogP contribution in [0.2, 0.25) is 0 Å². The summed E-state index contributed by atoms with van der Waals surface area (Å²) in [5, 5.41) is 0.